The summed E-state index contributed by atoms with van der Waals surface area (Å²) in [7, 11) is 0. The summed E-state index contributed by atoms with van der Waals surface area (Å²) in [5.41, 5.74) is 8.58. The zero-order valence-electron chi connectivity index (χ0n) is 21.0. The summed E-state index contributed by atoms with van der Waals surface area (Å²) in [5, 5.41) is 4.66. The monoisotopic (exact) mass is 444 g/mol. The Labute approximate surface area is 201 Å². The molecule has 2 heteroatoms. The van der Waals surface area contributed by atoms with Gasteiger partial charge in [-0.15, -0.1) is 0 Å². The highest BCUT2D eigenvalue weighted by Gasteiger charge is 2.30. The second kappa shape index (κ2) is 7.06. The molecule has 2 heterocycles. The molecule has 0 bridgehead atoms. The van der Waals surface area contributed by atoms with Gasteiger partial charge in [0.05, 0.1) is 12.8 Å². The van der Waals surface area contributed by atoms with Crippen LogP contribution in [0.25, 0.3) is 32.7 Å². The van der Waals surface area contributed by atoms with Crippen LogP contribution in [0.3, 0.4) is 0 Å². The average Bonchev–Trinajstić information content (AvgIpc) is 3.41. The summed E-state index contributed by atoms with van der Waals surface area (Å²) in [6.45, 7) is 6.90. The van der Waals surface area contributed by atoms with Crippen molar-refractivity contribution in [3.05, 3.63) is 89.0 Å². The summed E-state index contributed by atoms with van der Waals surface area (Å²) < 4.78 is 15.3. The quantitative estimate of drug-likeness (QED) is 0.261. The van der Waals surface area contributed by atoms with Crippen molar-refractivity contribution in [3.63, 3.8) is 0 Å². The molecule has 0 amide bonds. The molecule has 2 aliphatic rings. The molecular weight excluding hydrogens is 414 g/mol. The van der Waals surface area contributed by atoms with E-state index in [-0.39, 0.29) is 0 Å². The molecular formula is C32H29NO. The summed E-state index contributed by atoms with van der Waals surface area (Å²) >= 11 is 0. The van der Waals surface area contributed by atoms with Crippen molar-refractivity contribution < 1.29 is 5.79 Å². The fourth-order valence-corrected chi connectivity index (χ4v) is 6.20. The van der Waals surface area contributed by atoms with Gasteiger partial charge in [-0.3, -0.25) is 0 Å². The third kappa shape index (κ3) is 2.91. The number of rotatable bonds is 2. The van der Waals surface area contributed by atoms with Crippen LogP contribution in [0.2, 0.25) is 0 Å². The molecule has 5 aromatic rings. The molecule has 0 saturated heterocycles. The summed E-state index contributed by atoms with van der Waals surface area (Å²) in [4.78, 5) is 5.11. The van der Waals surface area contributed by atoms with Crippen molar-refractivity contribution in [3.8, 4) is 0 Å². The van der Waals surface area contributed by atoms with E-state index in [9.17, 15) is 0 Å². The van der Waals surface area contributed by atoms with E-state index in [1.54, 1.807) is 0 Å². The second-order valence-electron chi connectivity index (χ2n) is 11.0. The van der Waals surface area contributed by atoms with Crippen LogP contribution in [0, 0.1) is 12.3 Å². The molecule has 0 spiro atoms. The minimum atomic E-state index is 0.425. The molecule has 2 nitrogen and oxygen atoms in total. The second-order valence-corrected chi connectivity index (χ2v) is 11.0. The fraction of sp³-hybridized carbons (Fsp3) is 0.281. The largest absolute Gasteiger partial charge is 0.455 e. The van der Waals surface area contributed by atoms with Crippen molar-refractivity contribution in [1.82, 2.24) is 0 Å². The Kier molecular flexibility index (Phi) is 3.94. The van der Waals surface area contributed by atoms with Gasteiger partial charge in [0.2, 0.25) is 0 Å². The number of furan rings is 1. The van der Waals surface area contributed by atoms with Gasteiger partial charge in [0, 0.05) is 27.3 Å². The molecule has 1 aliphatic heterocycles. The van der Waals surface area contributed by atoms with E-state index in [2.05, 4.69) is 69.3 Å². The lowest BCUT2D eigenvalue weighted by atomic mass is 9.70. The predicted molar refractivity (Wildman–Crippen MR) is 143 cm³/mol. The smallest absolute Gasteiger partial charge is 0.144 e. The van der Waals surface area contributed by atoms with Crippen LogP contribution in [0.4, 0.5) is 5.69 Å². The molecule has 1 saturated carbocycles. The number of aryl methyl sites for hydroxylation is 1. The number of hydrogen-bond donors (Lipinski definition) is 0. The standard InChI is InChI=1S/C32H29NO/c1-19-17-25-22-7-4-5-10-28(22)34-31(25)26(18-19)30-24-9-6-8-23-21(11-12-27(33-30)29(23)24)20-13-15-32(2,3)16-14-20/h4-12,17-18,20H,13-16H2,1-3H3/i12D. The van der Waals surface area contributed by atoms with Gasteiger partial charge >= 0.3 is 0 Å². The van der Waals surface area contributed by atoms with Crippen molar-refractivity contribution in [2.45, 2.75) is 52.4 Å². The highest BCUT2D eigenvalue weighted by molar-refractivity contribution is 6.30. The Morgan fingerprint density at radius 2 is 1.71 bits per heavy atom. The first-order valence-corrected chi connectivity index (χ1v) is 12.5. The lowest BCUT2D eigenvalue weighted by Gasteiger charge is -2.35. The minimum Gasteiger partial charge on any atom is -0.455 e. The number of nitrogens with zero attached hydrogens (tertiary/aromatic N) is 1. The maximum Gasteiger partial charge on any atom is 0.144 e. The molecule has 168 valence electrons. The third-order valence-corrected chi connectivity index (χ3v) is 8.11. The molecule has 0 atom stereocenters. The first-order valence-electron chi connectivity index (χ1n) is 13.0. The average molecular weight is 445 g/mol. The van der Waals surface area contributed by atoms with Gasteiger partial charge in [0.1, 0.15) is 11.2 Å². The molecule has 1 aromatic heterocycles. The van der Waals surface area contributed by atoms with E-state index in [0.29, 0.717) is 17.4 Å². The number of aliphatic imine (C=N–C) groups is 1. The van der Waals surface area contributed by atoms with Gasteiger partial charge in [-0.05, 0) is 84.7 Å². The van der Waals surface area contributed by atoms with Crippen molar-refractivity contribution in [2.24, 2.45) is 10.4 Å². The molecule has 0 N–H and O–H groups in total. The Morgan fingerprint density at radius 3 is 2.56 bits per heavy atom. The number of benzene rings is 4. The van der Waals surface area contributed by atoms with Crippen molar-refractivity contribution in [2.75, 3.05) is 0 Å². The topological polar surface area (TPSA) is 25.5 Å². The molecule has 0 unspecified atom stereocenters. The zero-order chi connectivity index (χ0) is 23.9. The highest BCUT2D eigenvalue weighted by atomic mass is 16.3. The molecule has 1 aliphatic carbocycles. The minimum absolute atomic E-state index is 0.425. The maximum absolute atomic E-state index is 8.94. The zero-order valence-corrected chi connectivity index (χ0v) is 20.0. The normalized spacial score (nSPS) is 18.1. The first-order chi connectivity index (χ1) is 16.9. The lowest BCUT2D eigenvalue weighted by Crippen LogP contribution is -2.20. The van der Waals surface area contributed by atoms with E-state index >= 15 is 0 Å². The van der Waals surface area contributed by atoms with Gasteiger partial charge in [-0.25, -0.2) is 4.99 Å². The van der Waals surface area contributed by atoms with Gasteiger partial charge in [0.15, 0.2) is 0 Å². The van der Waals surface area contributed by atoms with E-state index in [1.807, 2.05) is 12.1 Å². The predicted octanol–water partition coefficient (Wildman–Crippen LogP) is 9.21. The van der Waals surface area contributed by atoms with Crippen LogP contribution in [-0.2, 0) is 0 Å². The Balaban J connectivity index is 1.44. The van der Waals surface area contributed by atoms with E-state index in [4.69, 9.17) is 10.8 Å². The SMILES string of the molecule is [2H]c1cc(C2CCC(C)(C)CC2)c2cccc3c2c1N=C3c1cc(C)cc2c1oc1ccccc12. The Hall–Kier alpha value is -3.39. The van der Waals surface area contributed by atoms with E-state index in [1.165, 1.54) is 42.2 Å². The van der Waals surface area contributed by atoms with Gasteiger partial charge < -0.3 is 4.42 Å². The maximum atomic E-state index is 8.94. The summed E-state index contributed by atoms with van der Waals surface area (Å²) in [6, 6.07) is 21.8. The van der Waals surface area contributed by atoms with E-state index in [0.717, 1.165) is 49.9 Å². The van der Waals surface area contributed by atoms with Crippen molar-refractivity contribution >= 4 is 44.1 Å². The number of fused-ring (bicyclic) bond motifs is 3. The molecule has 0 radical (unpaired) electrons. The Morgan fingerprint density at radius 1 is 0.912 bits per heavy atom. The lowest BCUT2D eigenvalue weighted by molar-refractivity contribution is 0.225. The first kappa shape index (κ1) is 19.0. The van der Waals surface area contributed by atoms with Crippen LogP contribution in [-0.4, -0.2) is 5.71 Å². The van der Waals surface area contributed by atoms with E-state index < -0.39 is 0 Å². The van der Waals surface area contributed by atoms with Crippen LogP contribution < -0.4 is 0 Å². The number of para-hydroxylation sites is 1. The van der Waals surface area contributed by atoms with Gasteiger partial charge in [0.25, 0.3) is 0 Å². The summed E-state index contributed by atoms with van der Waals surface area (Å²) in [5.74, 6) is 0.515. The van der Waals surface area contributed by atoms with Crippen LogP contribution >= 0.6 is 0 Å². The third-order valence-electron chi connectivity index (χ3n) is 8.11. The Bertz CT molecular complexity index is 1690. The fourth-order valence-electron chi connectivity index (χ4n) is 6.20. The highest BCUT2D eigenvalue weighted by Crippen LogP contribution is 2.47. The summed E-state index contributed by atoms with van der Waals surface area (Å²) in [6.07, 6.45) is 4.86. The van der Waals surface area contributed by atoms with Crippen LogP contribution in [0.1, 0.15) is 69.1 Å². The molecule has 34 heavy (non-hydrogen) atoms. The van der Waals surface area contributed by atoms with Gasteiger partial charge in [-0.1, -0.05) is 56.3 Å². The molecule has 4 aromatic carbocycles. The number of hydrogen-bond acceptors (Lipinski definition) is 2. The van der Waals surface area contributed by atoms with Crippen LogP contribution in [0.15, 0.2) is 76.1 Å². The van der Waals surface area contributed by atoms with Crippen LogP contribution in [0.5, 0.6) is 0 Å². The van der Waals surface area contributed by atoms with Gasteiger partial charge in [-0.2, -0.15) is 0 Å². The van der Waals surface area contributed by atoms with Crippen molar-refractivity contribution in [1.29, 1.82) is 0 Å². The molecule has 7 rings (SSSR count). The molecule has 1 fully saturated rings.